The van der Waals surface area contributed by atoms with Crippen molar-refractivity contribution in [2.75, 3.05) is 0 Å². The van der Waals surface area contributed by atoms with Crippen molar-refractivity contribution in [2.24, 2.45) is 0 Å². The molecule has 6 nitrogen and oxygen atoms in total. The van der Waals surface area contributed by atoms with E-state index in [9.17, 15) is 9.59 Å². The molecule has 1 fully saturated rings. The summed E-state index contributed by atoms with van der Waals surface area (Å²) >= 11 is 0. The minimum atomic E-state index is -0.739. The van der Waals surface area contributed by atoms with Gasteiger partial charge in [0.1, 0.15) is 0 Å². The standard InChI is InChI=1S/C15H23N3O3/c1-8(14-9(2)17-18-10(14)3)7-13(19)21-11(4)15(20)16-12-5-6-12/h8,11-12H,5-7H2,1-4H3,(H,16,20)(H,17,18). The van der Waals surface area contributed by atoms with Crippen LogP contribution in [0.5, 0.6) is 0 Å². The average molecular weight is 293 g/mol. The molecule has 1 aromatic heterocycles. The Balaban J connectivity index is 1.84. The molecule has 6 heteroatoms. The molecule has 1 heterocycles. The van der Waals surface area contributed by atoms with E-state index >= 15 is 0 Å². The first-order valence-electron chi connectivity index (χ1n) is 7.39. The SMILES string of the molecule is Cc1n[nH]c(C)c1C(C)CC(=O)OC(C)C(=O)NC1CC1. The van der Waals surface area contributed by atoms with E-state index in [1.807, 2.05) is 20.8 Å². The van der Waals surface area contributed by atoms with Gasteiger partial charge in [0, 0.05) is 11.7 Å². The maximum atomic E-state index is 12.0. The number of nitrogens with zero attached hydrogens (tertiary/aromatic N) is 1. The van der Waals surface area contributed by atoms with Gasteiger partial charge in [-0.05, 0) is 45.1 Å². The topological polar surface area (TPSA) is 84.1 Å². The van der Waals surface area contributed by atoms with Crippen molar-refractivity contribution in [3.8, 4) is 0 Å². The molecule has 0 aliphatic heterocycles. The van der Waals surface area contributed by atoms with Crippen LogP contribution in [0, 0.1) is 13.8 Å². The molecule has 2 rings (SSSR count). The maximum absolute atomic E-state index is 12.0. The van der Waals surface area contributed by atoms with Gasteiger partial charge in [-0.1, -0.05) is 6.92 Å². The van der Waals surface area contributed by atoms with Crippen LogP contribution < -0.4 is 5.32 Å². The molecule has 0 aromatic carbocycles. The Hall–Kier alpha value is -1.85. The Morgan fingerprint density at radius 2 is 2.05 bits per heavy atom. The molecule has 0 radical (unpaired) electrons. The first kappa shape index (κ1) is 15.5. The first-order chi connectivity index (χ1) is 9.88. The van der Waals surface area contributed by atoms with Crippen molar-refractivity contribution in [1.29, 1.82) is 0 Å². The summed E-state index contributed by atoms with van der Waals surface area (Å²) in [6, 6.07) is 0.272. The lowest BCUT2D eigenvalue weighted by molar-refractivity contribution is -0.155. The number of hydrogen-bond acceptors (Lipinski definition) is 4. The van der Waals surface area contributed by atoms with Crippen molar-refractivity contribution in [3.05, 3.63) is 17.0 Å². The van der Waals surface area contributed by atoms with Crippen LogP contribution >= 0.6 is 0 Å². The fourth-order valence-electron chi connectivity index (χ4n) is 2.48. The second kappa shape index (κ2) is 6.28. The Bertz CT molecular complexity index is 515. The number of ether oxygens (including phenoxy) is 1. The fraction of sp³-hybridized carbons (Fsp3) is 0.667. The number of H-pyrrole nitrogens is 1. The first-order valence-corrected chi connectivity index (χ1v) is 7.39. The normalized spacial score (nSPS) is 17.1. The number of amides is 1. The molecule has 2 unspecified atom stereocenters. The monoisotopic (exact) mass is 293 g/mol. The highest BCUT2D eigenvalue weighted by Crippen LogP contribution is 2.25. The van der Waals surface area contributed by atoms with E-state index in [1.54, 1.807) is 6.92 Å². The number of aromatic nitrogens is 2. The number of carbonyl (C=O) groups is 2. The third-order valence-electron chi connectivity index (χ3n) is 3.75. The van der Waals surface area contributed by atoms with Crippen LogP contribution in [0.25, 0.3) is 0 Å². The third-order valence-corrected chi connectivity index (χ3v) is 3.75. The summed E-state index contributed by atoms with van der Waals surface area (Å²) in [4.78, 5) is 23.7. The number of esters is 1. The Morgan fingerprint density at radius 3 is 2.57 bits per heavy atom. The zero-order valence-electron chi connectivity index (χ0n) is 13.0. The highest BCUT2D eigenvalue weighted by atomic mass is 16.5. The third kappa shape index (κ3) is 4.06. The maximum Gasteiger partial charge on any atom is 0.307 e. The molecule has 1 aromatic rings. The second-order valence-corrected chi connectivity index (χ2v) is 5.87. The molecular weight excluding hydrogens is 270 g/mol. The summed E-state index contributed by atoms with van der Waals surface area (Å²) in [5.41, 5.74) is 2.90. The average Bonchev–Trinajstić information content (AvgIpc) is 3.13. The lowest BCUT2D eigenvalue weighted by Gasteiger charge is -2.16. The van der Waals surface area contributed by atoms with Crippen molar-refractivity contribution in [2.45, 2.75) is 65.0 Å². The highest BCUT2D eigenvalue weighted by Gasteiger charge is 2.27. The quantitative estimate of drug-likeness (QED) is 0.782. The molecule has 2 atom stereocenters. The smallest absolute Gasteiger partial charge is 0.307 e. The second-order valence-electron chi connectivity index (χ2n) is 5.87. The van der Waals surface area contributed by atoms with Crippen LogP contribution in [0.4, 0.5) is 0 Å². The van der Waals surface area contributed by atoms with E-state index in [1.165, 1.54) is 0 Å². The van der Waals surface area contributed by atoms with E-state index in [0.29, 0.717) is 0 Å². The number of carbonyl (C=O) groups excluding carboxylic acids is 2. The van der Waals surface area contributed by atoms with Crippen molar-refractivity contribution >= 4 is 11.9 Å². The summed E-state index contributed by atoms with van der Waals surface area (Å²) in [7, 11) is 0. The highest BCUT2D eigenvalue weighted by molar-refractivity contribution is 5.84. The van der Waals surface area contributed by atoms with Crippen LogP contribution in [0.2, 0.25) is 0 Å². The lowest BCUT2D eigenvalue weighted by atomic mass is 9.96. The van der Waals surface area contributed by atoms with Crippen LogP contribution in [0.1, 0.15) is 56.0 Å². The van der Waals surface area contributed by atoms with Gasteiger partial charge < -0.3 is 10.1 Å². The Labute approximate surface area is 124 Å². The van der Waals surface area contributed by atoms with Gasteiger partial charge in [0.05, 0.1) is 12.1 Å². The van der Waals surface area contributed by atoms with Crippen molar-refractivity contribution in [3.63, 3.8) is 0 Å². The summed E-state index contributed by atoms with van der Waals surface area (Å²) < 4.78 is 5.21. The van der Waals surface area contributed by atoms with Gasteiger partial charge >= 0.3 is 5.97 Å². The van der Waals surface area contributed by atoms with Crippen LogP contribution in [-0.4, -0.2) is 34.2 Å². The van der Waals surface area contributed by atoms with Gasteiger partial charge in [0.15, 0.2) is 6.10 Å². The predicted molar refractivity (Wildman–Crippen MR) is 77.8 cm³/mol. The molecule has 1 aliphatic rings. The molecule has 21 heavy (non-hydrogen) atoms. The van der Waals surface area contributed by atoms with Crippen LogP contribution in [0.3, 0.4) is 0 Å². The lowest BCUT2D eigenvalue weighted by Crippen LogP contribution is -2.37. The zero-order chi connectivity index (χ0) is 15.6. The van der Waals surface area contributed by atoms with Crippen LogP contribution in [-0.2, 0) is 14.3 Å². The Kier molecular flexibility index (Phi) is 4.65. The molecule has 2 N–H and O–H groups in total. The number of rotatable bonds is 6. The zero-order valence-corrected chi connectivity index (χ0v) is 13.0. The minimum Gasteiger partial charge on any atom is -0.453 e. The number of aromatic amines is 1. The summed E-state index contributed by atoms with van der Waals surface area (Å²) in [6.07, 6.45) is 1.53. The number of aryl methyl sites for hydroxylation is 2. The molecule has 0 bridgehead atoms. The van der Waals surface area contributed by atoms with Gasteiger partial charge in [0.2, 0.25) is 0 Å². The molecule has 0 saturated heterocycles. The number of hydrogen-bond donors (Lipinski definition) is 2. The van der Waals surface area contributed by atoms with Crippen LogP contribution in [0.15, 0.2) is 0 Å². The van der Waals surface area contributed by atoms with Crippen molar-refractivity contribution < 1.29 is 14.3 Å². The molecule has 1 amide bonds. The largest absolute Gasteiger partial charge is 0.453 e. The van der Waals surface area contributed by atoms with E-state index < -0.39 is 6.10 Å². The summed E-state index contributed by atoms with van der Waals surface area (Å²) in [5, 5.41) is 9.87. The van der Waals surface area contributed by atoms with Gasteiger partial charge in [-0.3, -0.25) is 14.7 Å². The number of nitrogens with one attached hydrogen (secondary N) is 2. The minimum absolute atomic E-state index is 0.00921. The van der Waals surface area contributed by atoms with E-state index in [2.05, 4.69) is 15.5 Å². The van der Waals surface area contributed by atoms with Gasteiger partial charge in [0.25, 0.3) is 5.91 Å². The molecule has 0 spiro atoms. The predicted octanol–water partition coefficient (Wildman–Crippen LogP) is 1.73. The molecular formula is C15H23N3O3. The molecule has 1 aliphatic carbocycles. The van der Waals surface area contributed by atoms with Gasteiger partial charge in [-0.25, -0.2) is 0 Å². The van der Waals surface area contributed by atoms with E-state index in [4.69, 9.17) is 4.74 Å². The van der Waals surface area contributed by atoms with E-state index in [0.717, 1.165) is 29.8 Å². The van der Waals surface area contributed by atoms with E-state index in [-0.39, 0.29) is 30.3 Å². The summed E-state index contributed by atoms with van der Waals surface area (Å²) in [6.45, 7) is 7.41. The molecule has 1 saturated carbocycles. The fourth-order valence-corrected chi connectivity index (χ4v) is 2.48. The van der Waals surface area contributed by atoms with Gasteiger partial charge in [-0.15, -0.1) is 0 Å². The Morgan fingerprint density at radius 1 is 1.38 bits per heavy atom. The van der Waals surface area contributed by atoms with Gasteiger partial charge in [-0.2, -0.15) is 5.10 Å². The summed E-state index contributed by atoms with van der Waals surface area (Å²) in [5.74, 6) is -0.565. The molecule has 116 valence electrons. The van der Waals surface area contributed by atoms with Crippen molar-refractivity contribution in [1.82, 2.24) is 15.5 Å².